The van der Waals surface area contributed by atoms with Gasteiger partial charge >= 0.3 is 0 Å². The number of aliphatic hydroxyl groups is 1. The number of alkyl halides is 1. The van der Waals surface area contributed by atoms with Crippen molar-refractivity contribution in [1.82, 2.24) is 0 Å². The van der Waals surface area contributed by atoms with E-state index in [1.807, 2.05) is 6.92 Å². The molecule has 5 unspecified atom stereocenters. The molecule has 2 fully saturated rings. The Bertz CT molecular complexity index is 323. The highest BCUT2D eigenvalue weighted by molar-refractivity contribution is 9.09. The van der Waals surface area contributed by atoms with Crippen LogP contribution in [0.25, 0.3) is 0 Å². The van der Waals surface area contributed by atoms with Crippen molar-refractivity contribution in [2.45, 2.75) is 63.3 Å². The normalized spacial score (nSPS) is 50.8. The van der Waals surface area contributed by atoms with Crippen molar-refractivity contribution >= 4 is 15.9 Å². The van der Waals surface area contributed by atoms with Gasteiger partial charge in [0.25, 0.3) is 0 Å². The second-order valence-electron chi connectivity index (χ2n) is 6.74. The Morgan fingerprint density at radius 3 is 2.53 bits per heavy atom. The van der Waals surface area contributed by atoms with Crippen LogP contribution in [0.4, 0.5) is 0 Å². The third-order valence-corrected chi connectivity index (χ3v) is 6.92. The van der Waals surface area contributed by atoms with E-state index in [1.165, 1.54) is 18.4 Å². The summed E-state index contributed by atoms with van der Waals surface area (Å²) in [4.78, 5) is 0.561. The average Bonchev–Trinajstić information content (AvgIpc) is 2.24. The molecule has 98 valence electrons. The van der Waals surface area contributed by atoms with E-state index in [0.717, 1.165) is 19.3 Å². The van der Waals surface area contributed by atoms with E-state index in [4.69, 9.17) is 0 Å². The Balaban J connectivity index is 2.27. The number of halogens is 1. The largest absolute Gasteiger partial charge is 0.390 e. The maximum atomic E-state index is 10.7. The molecule has 2 aliphatic rings. The van der Waals surface area contributed by atoms with Gasteiger partial charge in [-0.1, -0.05) is 35.0 Å². The fourth-order valence-electron chi connectivity index (χ4n) is 4.04. The zero-order chi connectivity index (χ0) is 12.8. The van der Waals surface area contributed by atoms with Crippen molar-refractivity contribution in [3.63, 3.8) is 0 Å². The zero-order valence-corrected chi connectivity index (χ0v) is 12.9. The Labute approximate surface area is 114 Å². The monoisotopic (exact) mass is 300 g/mol. The molecule has 1 nitrogen and oxygen atoms in total. The molecular formula is C15H25BrO. The molecule has 0 aromatic heterocycles. The molecule has 17 heavy (non-hydrogen) atoms. The highest BCUT2D eigenvalue weighted by Gasteiger charge is 2.54. The Morgan fingerprint density at radius 2 is 1.94 bits per heavy atom. The Hall–Kier alpha value is 0.180. The van der Waals surface area contributed by atoms with Gasteiger partial charge in [-0.2, -0.15) is 0 Å². The molecule has 2 aliphatic carbocycles. The van der Waals surface area contributed by atoms with Gasteiger partial charge in [0.05, 0.1) is 5.60 Å². The van der Waals surface area contributed by atoms with Crippen molar-refractivity contribution in [3.8, 4) is 0 Å². The predicted octanol–water partition coefficient (Wildman–Crippen LogP) is 4.29. The maximum absolute atomic E-state index is 10.7. The average molecular weight is 301 g/mol. The van der Waals surface area contributed by atoms with Gasteiger partial charge in [0.15, 0.2) is 0 Å². The summed E-state index contributed by atoms with van der Waals surface area (Å²) in [7, 11) is 0. The molecule has 0 aromatic rings. The van der Waals surface area contributed by atoms with Gasteiger partial charge in [-0.25, -0.2) is 0 Å². The summed E-state index contributed by atoms with van der Waals surface area (Å²) in [6.45, 7) is 10.6. The molecule has 0 aliphatic heterocycles. The first-order valence-corrected chi connectivity index (χ1v) is 7.71. The van der Waals surface area contributed by atoms with Crippen molar-refractivity contribution in [2.75, 3.05) is 0 Å². The highest BCUT2D eigenvalue weighted by atomic mass is 79.9. The van der Waals surface area contributed by atoms with Crippen LogP contribution in [0.1, 0.15) is 52.9 Å². The minimum absolute atomic E-state index is 0.258. The molecule has 2 heteroatoms. The standard InChI is InChI=1S/C15H25BrO/c1-10(2)11-5-7-14(3)12(9-11)15(4,17)8-6-13(14)16/h11-13,17H,1,5-9H2,2-4H3. The fraction of sp³-hybridized carbons (Fsp3) is 0.867. The lowest BCUT2D eigenvalue weighted by atomic mass is 9.53. The van der Waals surface area contributed by atoms with Crippen LogP contribution in [0, 0.1) is 17.3 Å². The molecule has 0 radical (unpaired) electrons. The molecule has 0 bridgehead atoms. The lowest BCUT2D eigenvalue weighted by Gasteiger charge is -2.56. The van der Waals surface area contributed by atoms with Crippen molar-refractivity contribution < 1.29 is 5.11 Å². The van der Waals surface area contributed by atoms with E-state index in [1.54, 1.807) is 0 Å². The highest BCUT2D eigenvalue weighted by Crippen LogP contribution is 2.58. The van der Waals surface area contributed by atoms with Crippen LogP contribution in [0.3, 0.4) is 0 Å². The van der Waals surface area contributed by atoms with Gasteiger partial charge in [-0.05, 0) is 63.2 Å². The van der Waals surface area contributed by atoms with Crippen LogP contribution in [0.2, 0.25) is 0 Å². The summed E-state index contributed by atoms with van der Waals surface area (Å²) >= 11 is 3.86. The van der Waals surface area contributed by atoms with Gasteiger partial charge < -0.3 is 5.11 Å². The summed E-state index contributed by atoms with van der Waals surface area (Å²) in [5.41, 5.74) is 1.06. The number of hydrogen-bond acceptors (Lipinski definition) is 1. The van der Waals surface area contributed by atoms with E-state index in [-0.39, 0.29) is 5.41 Å². The second kappa shape index (κ2) is 4.38. The fourth-order valence-corrected chi connectivity index (χ4v) is 4.82. The number of rotatable bonds is 1. The maximum Gasteiger partial charge on any atom is 0.0654 e. The van der Waals surface area contributed by atoms with Crippen LogP contribution in [-0.4, -0.2) is 15.5 Å². The number of hydrogen-bond donors (Lipinski definition) is 1. The first kappa shape index (κ1) is 13.6. The third-order valence-electron chi connectivity index (χ3n) is 5.41. The quantitative estimate of drug-likeness (QED) is 0.566. The lowest BCUT2D eigenvalue weighted by molar-refractivity contribution is -0.116. The third kappa shape index (κ3) is 2.23. The van der Waals surface area contributed by atoms with Crippen molar-refractivity contribution in [1.29, 1.82) is 0 Å². The van der Waals surface area contributed by atoms with E-state index in [9.17, 15) is 5.11 Å². The summed E-state index contributed by atoms with van der Waals surface area (Å²) in [6.07, 6.45) is 5.58. The first-order chi connectivity index (χ1) is 7.77. The summed E-state index contributed by atoms with van der Waals surface area (Å²) in [5.74, 6) is 1.01. The predicted molar refractivity (Wildman–Crippen MR) is 76.3 cm³/mol. The minimum atomic E-state index is -0.493. The molecule has 0 saturated heterocycles. The molecule has 0 heterocycles. The van der Waals surface area contributed by atoms with E-state index in [0.29, 0.717) is 16.7 Å². The number of fused-ring (bicyclic) bond motifs is 1. The summed E-state index contributed by atoms with van der Waals surface area (Å²) < 4.78 is 0. The first-order valence-electron chi connectivity index (χ1n) is 6.79. The van der Waals surface area contributed by atoms with Crippen LogP contribution in [0.5, 0.6) is 0 Å². The molecule has 2 saturated carbocycles. The van der Waals surface area contributed by atoms with Crippen LogP contribution in [0.15, 0.2) is 12.2 Å². The van der Waals surface area contributed by atoms with Gasteiger partial charge in [-0.15, -0.1) is 0 Å². The van der Waals surface area contributed by atoms with Gasteiger partial charge in [-0.3, -0.25) is 0 Å². The summed E-state index contributed by atoms with van der Waals surface area (Å²) in [6, 6.07) is 0. The topological polar surface area (TPSA) is 20.2 Å². The minimum Gasteiger partial charge on any atom is -0.390 e. The van der Waals surface area contributed by atoms with Crippen molar-refractivity contribution in [2.24, 2.45) is 17.3 Å². The van der Waals surface area contributed by atoms with Crippen LogP contribution in [-0.2, 0) is 0 Å². The number of allylic oxidation sites excluding steroid dienone is 1. The lowest BCUT2D eigenvalue weighted by Crippen LogP contribution is -2.55. The molecule has 1 N–H and O–H groups in total. The zero-order valence-electron chi connectivity index (χ0n) is 11.3. The Morgan fingerprint density at radius 1 is 1.29 bits per heavy atom. The van der Waals surface area contributed by atoms with E-state index < -0.39 is 5.60 Å². The molecular weight excluding hydrogens is 276 g/mol. The van der Waals surface area contributed by atoms with E-state index >= 15 is 0 Å². The second-order valence-corrected chi connectivity index (χ2v) is 7.84. The Kier molecular flexibility index (Phi) is 3.51. The van der Waals surface area contributed by atoms with Crippen molar-refractivity contribution in [3.05, 3.63) is 12.2 Å². The molecule has 0 spiro atoms. The molecule has 5 atom stereocenters. The molecule has 0 amide bonds. The molecule has 2 rings (SSSR count). The van der Waals surface area contributed by atoms with Gasteiger partial charge in [0.2, 0.25) is 0 Å². The molecule has 0 aromatic carbocycles. The van der Waals surface area contributed by atoms with Crippen LogP contribution < -0.4 is 0 Å². The van der Waals surface area contributed by atoms with Crippen LogP contribution >= 0.6 is 15.9 Å². The SMILES string of the molecule is C=C(C)C1CCC2(C)C(Br)CCC(C)(O)C2C1. The van der Waals surface area contributed by atoms with Gasteiger partial charge in [0, 0.05) is 4.83 Å². The van der Waals surface area contributed by atoms with E-state index in [2.05, 4.69) is 36.4 Å². The smallest absolute Gasteiger partial charge is 0.0654 e. The summed E-state index contributed by atoms with van der Waals surface area (Å²) in [5, 5.41) is 10.7. The van der Waals surface area contributed by atoms with Gasteiger partial charge in [0.1, 0.15) is 0 Å².